The molecule has 0 aliphatic carbocycles. The predicted octanol–water partition coefficient (Wildman–Crippen LogP) is 2.17. The van der Waals surface area contributed by atoms with Crippen LogP contribution < -0.4 is 5.32 Å². The lowest BCUT2D eigenvalue weighted by atomic mass is 9.90. The van der Waals surface area contributed by atoms with Gasteiger partial charge >= 0.3 is 6.09 Å². The quantitative estimate of drug-likeness (QED) is 0.707. The Bertz CT molecular complexity index is 143. The van der Waals surface area contributed by atoms with Gasteiger partial charge in [0.15, 0.2) is 0 Å². The second kappa shape index (κ2) is 5.01. The Labute approximate surface area is 74.5 Å². The fourth-order valence-corrected chi connectivity index (χ4v) is 0.619. The standard InChI is InChI=1S/C9H19NO2/c1-5-9(3,4)7-10-8(11)12-6-2/h5-7H2,1-4H3,(H,10,11). The van der Waals surface area contributed by atoms with E-state index in [2.05, 4.69) is 26.1 Å². The van der Waals surface area contributed by atoms with Crippen molar-refractivity contribution in [3.05, 3.63) is 0 Å². The lowest BCUT2D eigenvalue weighted by Gasteiger charge is -2.22. The van der Waals surface area contributed by atoms with E-state index in [1.54, 1.807) is 6.92 Å². The summed E-state index contributed by atoms with van der Waals surface area (Å²) in [6, 6.07) is 0. The van der Waals surface area contributed by atoms with Crippen LogP contribution in [0.5, 0.6) is 0 Å². The van der Waals surface area contributed by atoms with Gasteiger partial charge < -0.3 is 10.1 Å². The Morgan fingerprint density at radius 1 is 1.42 bits per heavy atom. The molecule has 0 rings (SSSR count). The van der Waals surface area contributed by atoms with E-state index in [0.29, 0.717) is 13.2 Å². The number of amides is 1. The van der Waals surface area contributed by atoms with Crippen molar-refractivity contribution in [1.29, 1.82) is 0 Å². The third-order valence-electron chi connectivity index (χ3n) is 1.94. The number of nitrogens with one attached hydrogen (secondary N) is 1. The van der Waals surface area contributed by atoms with Crippen molar-refractivity contribution in [2.45, 2.75) is 34.1 Å². The molecule has 0 aliphatic heterocycles. The van der Waals surface area contributed by atoms with Crippen LogP contribution in [0.25, 0.3) is 0 Å². The van der Waals surface area contributed by atoms with Gasteiger partial charge in [-0.25, -0.2) is 4.79 Å². The van der Waals surface area contributed by atoms with E-state index in [1.165, 1.54) is 0 Å². The van der Waals surface area contributed by atoms with E-state index in [1.807, 2.05) is 0 Å². The smallest absolute Gasteiger partial charge is 0.407 e. The predicted molar refractivity (Wildman–Crippen MR) is 49.1 cm³/mol. The molecule has 72 valence electrons. The average molecular weight is 173 g/mol. The molecule has 3 nitrogen and oxygen atoms in total. The summed E-state index contributed by atoms with van der Waals surface area (Å²) in [5.74, 6) is 0. The SMILES string of the molecule is CCOC(=O)NCC(C)(C)CC. The van der Waals surface area contributed by atoms with Crippen molar-refractivity contribution in [1.82, 2.24) is 5.32 Å². The largest absolute Gasteiger partial charge is 0.450 e. The first kappa shape index (κ1) is 11.3. The van der Waals surface area contributed by atoms with E-state index in [9.17, 15) is 4.79 Å². The van der Waals surface area contributed by atoms with E-state index in [0.717, 1.165) is 6.42 Å². The first-order chi connectivity index (χ1) is 5.52. The number of ether oxygens (including phenoxy) is 1. The second-order valence-electron chi connectivity index (χ2n) is 3.59. The highest BCUT2D eigenvalue weighted by atomic mass is 16.5. The molecule has 0 unspecified atom stereocenters. The lowest BCUT2D eigenvalue weighted by molar-refractivity contribution is 0.147. The first-order valence-corrected chi connectivity index (χ1v) is 4.42. The van der Waals surface area contributed by atoms with Gasteiger partial charge in [0.1, 0.15) is 0 Å². The minimum atomic E-state index is -0.320. The van der Waals surface area contributed by atoms with Crippen molar-refractivity contribution in [3.8, 4) is 0 Å². The molecule has 0 fully saturated rings. The van der Waals surface area contributed by atoms with Crippen molar-refractivity contribution in [3.63, 3.8) is 0 Å². The van der Waals surface area contributed by atoms with Crippen LogP contribution in [0.2, 0.25) is 0 Å². The Morgan fingerprint density at radius 3 is 2.42 bits per heavy atom. The van der Waals surface area contributed by atoms with Gasteiger partial charge in [-0.3, -0.25) is 0 Å². The fourth-order valence-electron chi connectivity index (χ4n) is 0.619. The van der Waals surface area contributed by atoms with Gasteiger partial charge in [-0.2, -0.15) is 0 Å². The third-order valence-corrected chi connectivity index (χ3v) is 1.94. The van der Waals surface area contributed by atoms with Gasteiger partial charge in [0.2, 0.25) is 0 Å². The molecule has 1 N–H and O–H groups in total. The normalized spacial score (nSPS) is 11.0. The molecule has 0 aromatic carbocycles. The van der Waals surface area contributed by atoms with Gasteiger partial charge in [0.25, 0.3) is 0 Å². The van der Waals surface area contributed by atoms with Crippen LogP contribution in [-0.4, -0.2) is 19.2 Å². The summed E-state index contributed by atoms with van der Waals surface area (Å²) in [5.41, 5.74) is 0.159. The van der Waals surface area contributed by atoms with E-state index < -0.39 is 0 Å². The molecule has 0 heterocycles. The van der Waals surface area contributed by atoms with Gasteiger partial charge in [0, 0.05) is 6.54 Å². The number of carbonyl (C=O) groups is 1. The van der Waals surface area contributed by atoms with E-state index in [4.69, 9.17) is 4.74 Å². The Balaban J connectivity index is 3.60. The van der Waals surface area contributed by atoms with Crippen LogP contribution in [0.1, 0.15) is 34.1 Å². The maximum Gasteiger partial charge on any atom is 0.407 e. The highest BCUT2D eigenvalue weighted by Gasteiger charge is 2.15. The molecule has 3 heteroatoms. The van der Waals surface area contributed by atoms with Crippen LogP contribution in [0.3, 0.4) is 0 Å². The van der Waals surface area contributed by atoms with Crippen LogP contribution in [0.4, 0.5) is 4.79 Å². The lowest BCUT2D eigenvalue weighted by Crippen LogP contribution is -2.33. The molecular formula is C9H19NO2. The van der Waals surface area contributed by atoms with Crippen molar-refractivity contribution in [2.75, 3.05) is 13.2 Å². The van der Waals surface area contributed by atoms with Crippen molar-refractivity contribution in [2.24, 2.45) is 5.41 Å². The molecule has 12 heavy (non-hydrogen) atoms. The maximum atomic E-state index is 10.9. The Kier molecular flexibility index (Phi) is 4.71. The van der Waals surface area contributed by atoms with Crippen molar-refractivity contribution >= 4 is 6.09 Å². The number of rotatable bonds is 4. The third kappa shape index (κ3) is 4.99. The summed E-state index contributed by atoms with van der Waals surface area (Å²) in [6.07, 6.45) is 0.721. The molecule has 0 spiro atoms. The van der Waals surface area contributed by atoms with Gasteiger partial charge in [-0.1, -0.05) is 20.8 Å². The summed E-state index contributed by atoms with van der Waals surface area (Å²) in [7, 11) is 0. The number of alkyl carbamates (subject to hydrolysis) is 1. The fraction of sp³-hybridized carbons (Fsp3) is 0.889. The number of hydrogen-bond acceptors (Lipinski definition) is 2. The highest BCUT2D eigenvalue weighted by molar-refractivity contribution is 5.67. The molecule has 0 radical (unpaired) electrons. The summed E-state index contributed by atoms with van der Waals surface area (Å²) >= 11 is 0. The van der Waals surface area contributed by atoms with Gasteiger partial charge in [-0.15, -0.1) is 0 Å². The molecule has 1 amide bonds. The van der Waals surface area contributed by atoms with Crippen molar-refractivity contribution < 1.29 is 9.53 Å². The van der Waals surface area contributed by atoms with Crippen LogP contribution in [-0.2, 0) is 4.74 Å². The monoisotopic (exact) mass is 173 g/mol. The summed E-state index contributed by atoms with van der Waals surface area (Å²) in [6.45, 7) is 9.22. The highest BCUT2D eigenvalue weighted by Crippen LogP contribution is 2.17. The second-order valence-corrected chi connectivity index (χ2v) is 3.59. The first-order valence-electron chi connectivity index (χ1n) is 4.42. The average Bonchev–Trinajstić information content (AvgIpc) is 2.02. The summed E-state index contributed by atoms with van der Waals surface area (Å²) < 4.78 is 4.73. The van der Waals surface area contributed by atoms with Gasteiger partial charge in [0.05, 0.1) is 6.61 Å². The Morgan fingerprint density at radius 2 is 2.00 bits per heavy atom. The zero-order chi connectivity index (χ0) is 9.61. The minimum Gasteiger partial charge on any atom is -0.450 e. The Hall–Kier alpha value is -0.730. The minimum absolute atomic E-state index is 0.159. The molecular weight excluding hydrogens is 154 g/mol. The summed E-state index contributed by atoms with van der Waals surface area (Å²) in [5, 5.41) is 2.71. The number of hydrogen-bond donors (Lipinski definition) is 1. The van der Waals surface area contributed by atoms with Gasteiger partial charge in [-0.05, 0) is 18.8 Å². The van der Waals surface area contributed by atoms with Crippen LogP contribution >= 0.6 is 0 Å². The molecule has 0 atom stereocenters. The molecule has 0 aromatic heterocycles. The molecule has 0 aromatic rings. The van der Waals surface area contributed by atoms with E-state index >= 15 is 0 Å². The molecule has 0 saturated carbocycles. The van der Waals surface area contributed by atoms with Crippen LogP contribution in [0.15, 0.2) is 0 Å². The zero-order valence-electron chi connectivity index (χ0n) is 8.44. The van der Waals surface area contributed by atoms with E-state index in [-0.39, 0.29) is 11.5 Å². The number of carbonyl (C=O) groups excluding carboxylic acids is 1. The van der Waals surface area contributed by atoms with Crippen LogP contribution in [0, 0.1) is 5.41 Å². The summed E-state index contributed by atoms with van der Waals surface area (Å²) in [4.78, 5) is 10.9. The topological polar surface area (TPSA) is 38.3 Å². The molecule has 0 aliphatic rings. The zero-order valence-corrected chi connectivity index (χ0v) is 8.44. The molecule has 0 saturated heterocycles. The molecule has 0 bridgehead atoms. The maximum absolute atomic E-state index is 10.9.